The summed E-state index contributed by atoms with van der Waals surface area (Å²) in [5.41, 5.74) is 0.352. The normalized spacial score (nSPS) is 20.0. The number of morpholine rings is 1. The number of nitrogens with zero attached hydrogens (tertiary/aromatic N) is 4. The zero-order chi connectivity index (χ0) is 12.1. The second-order valence-electron chi connectivity index (χ2n) is 3.73. The fraction of sp³-hybridized carbons (Fsp3) is 0.545. The second-order valence-corrected chi connectivity index (χ2v) is 3.73. The molecule has 0 aromatic carbocycles. The van der Waals surface area contributed by atoms with E-state index in [1.165, 1.54) is 6.20 Å². The Labute approximate surface area is 99.8 Å². The van der Waals surface area contributed by atoms with Gasteiger partial charge in [-0.05, 0) is 0 Å². The van der Waals surface area contributed by atoms with Gasteiger partial charge >= 0.3 is 0 Å². The van der Waals surface area contributed by atoms with Crippen LogP contribution in [0.25, 0.3) is 0 Å². The Morgan fingerprint density at radius 1 is 1.59 bits per heavy atom. The first kappa shape index (κ1) is 11.8. The summed E-state index contributed by atoms with van der Waals surface area (Å²) < 4.78 is 10.6. The van der Waals surface area contributed by atoms with Crippen LogP contribution in [0.3, 0.4) is 0 Å². The molecule has 0 aliphatic carbocycles. The average Bonchev–Trinajstić information content (AvgIpc) is 2.39. The summed E-state index contributed by atoms with van der Waals surface area (Å²) in [5.74, 6) is 0.624. The van der Waals surface area contributed by atoms with Gasteiger partial charge < -0.3 is 14.4 Å². The van der Waals surface area contributed by atoms with Crippen molar-refractivity contribution in [3.8, 4) is 6.07 Å². The predicted molar refractivity (Wildman–Crippen MR) is 60.6 cm³/mol. The standard InChI is InChI=1S/C11H14N4O2/c1-16-8-9-7-15(4-5-17-9)11-10(6-12)13-2-3-14-11/h2-3,9H,4-5,7-8H2,1H3. The van der Waals surface area contributed by atoms with Crippen LogP contribution in [0.15, 0.2) is 12.4 Å². The van der Waals surface area contributed by atoms with E-state index in [9.17, 15) is 0 Å². The maximum absolute atomic E-state index is 8.98. The molecule has 1 fully saturated rings. The minimum atomic E-state index is 0.0160. The van der Waals surface area contributed by atoms with Crippen molar-refractivity contribution in [1.82, 2.24) is 9.97 Å². The van der Waals surface area contributed by atoms with Gasteiger partial charge in [0.15, 0.2) is 11.5 Å². The topological polar surface area (TPSA) is 71.3 Å². The molecule has 1 saturated heterocycles. The fourth-order valence-corrected chi connectivity index (χ4v) is 1.84. The molecule has 0 spiro atoms. The van der Waals surface area contributed by atoms with Crippen LogP contribution >= 0.6 is 0 Å². The smallest absolute Gasteiger partial charge is 0.183 e. The quantitative estimate of drug-likeness (QED) is 0.744. The molecule has 1 aliphatic rings. The van der Waals surface area contributed by atoms with Crippen molar-refractivity contribution in [1.29, 1.82) is 5.26 Å². The van der Waals surface area contributed by atoms with Gasteiger partial charge in [0.2, 0.25) is 0 Å². The van der Waals surface area contributed by atoms with Crippen molar-refractivity contribution in [3.63, 3.8) is 0 Å². The van der Waals surface area contributed by atoms with Gasteiger partial charge in [-0.3, -0.25) is 0 Å². The van der Waals surface area contributed by atoms with Gasteiger partial charge in [-0.15, -0.1) is 0 Å². The molecule has 17 heavy (non-hydrogen) atoms. The third kappa shape index (κ3) is 2.70. The number of methoxy groups -OCH3 is 1. The molecular formula is C11H14N4O2. The SMILES string of the molecule is COCC1CN(c2nccnc2C#N)CCO1. The van der Waals surface area contributed by atoms with Crippen molar-refractivity contribution >= 4 is 5.82 Å². The summed E-state index contributed by atoms with van der Waals surface area (Å²) in [5, 5.41) is 8.98. The molecular weight excluding hydrogens is 220 g/mol. The first-order valence-corrected chi connectivity index (χ1v) is 5.41. The zero-order valence-corrected chi connectivity index (χ0v) is 9.67. The molecule has 0 bridgehead atoms. The van der Waals surface area contributed by atoms with Crippen LogP contribution in [-0.4, -0.2) is 49.5 Å². The Balaban J connectivity index is 2.14. The van der Waals surface area contributed by atoms with Gasteiger partial charge in [-0.25, -0.2) is 9.97 Å². The lowest BCUT2D eigenvalue weighted by Crippen LogP contribution is -2.45. The third-order valence-electron chi connectivity index (χ3n) is 2.58. The minimum absolute atomic E-state index is 0.0160. The number of nitriles is 1. The van der Waals surface area contributed by atoms with Crippen LogP contribution in [0.5, 0.6) is 0 Å². The van der Waals surface area contributed by atoms with Crippen molar-refractivity contribution in [2.75, 3.05) is 38.3 Å². The lowest BCUT2D eigenvalue weighted by Gasteiger charge is -2.33. The van der Waals surface area contributed by atoms with E-state index in [-0.39, 0.29) is 6.10 Å². The zero-order valence-electron chi connectivity index (χ0n) is 9.67. The second kappa shape index (κ2) is 5.57. The van der Waals surface area contributed by atoms with E-state index < -0.39 is 0 Å². The fourth-order valence-electron chi connectivity index (χ4n) is 1.84. The number of aromatic nitrogens is 2. The highest BCUT2D eigenvalue weighted by Crippen LogP contribution is 2.17. The maximum atomic E-state index is 8.98. The molecule has 2 rings (SSSR count). The number of hydrogen-bond acceptors (Lipinski definition) is 6. The Hall–Kier alpha value is -1.71. The molecule has 1 aromatic heterocycles. The average molecular weight is 234 g/mol. The first-order chi connectivity index (χ1) is 8.35. The van der Waals surface area contributed by atoms with Crippen molar-refractivity contribution in [2.24, 2.45) is 0 Å². The summed E-state index contributed by atoms with van der Waals surface area (Å²) in [7, 11) is 1.64. The highest BCUT2D eigenvalue weighted by molar-refractivity contribution is 5.49. The monoisotopic (exact) mass is 234 g/mol. The Morgan fingerprint density at radius 3 is 3.18 bits per heavy atom. The lowest BCUT2D eigenvalue weighted by atomic mass is 10.2. The number of hydrogen-bond donors (Lipinski definition) is 0. The van der Waals surface area contributed by atoms with Crippen LogP contribution in [0, 0.1) is 11.3 Å². The Morgan fingerprint density at radius 2 is 2.41 bits per heavy atom. The van der Waals surface area contributed by atoms with E-state index in [0.717, 1.165) is 0 Å². The highest BCUT2D eigenvalue weighted by atomic mass is 16.5. The summed E-state index contributed by atoms with van der Waals surface area (Å²) in [6.45, 7) is 2.53. The Kier molecular flexibility index (Phi) is 3.85. The first-order valence-electron chi connectivity index (χ1n) is 5.41. The van der Waals surface area contributed by atoms with E-state index in [1.54, 1.807) is 13.3 Å². The molecule has 2 heterocycles. The van der Waals surface area contributed by atoms with Crippen LogP contribution in [-0.2, 0) is 9.47 Å². The minimum Gasteiger partial charge on any atom is -0.382 e. The molecule has 0 radical (unpaired) electrons. The van der Waals surface area contributed by atoms with Crippen LogP contribution in [0.2, 0.25) is 0 Å². The molecule has 0 saturated carbocycles. The van der Waals surface area contributed by atoms with Gasteiger partial charge in [0.1, 0.15) is 6.07 Å². The molecule has 1 aromatic rings. The lowest BCUT2D eigenvalue weighted by molar-refractivity contribution is -0.0102. The molecule has 6 heteroatoms. The van der Waals surface area contributed by atoms with Crippen LogP contribution < -0.4 is 4.90 Å². The van der Waals surface area contributed by atoms with Gasteiger partial charge in [0.25, 0.3) is 0 Å². The third-order valence-corrected chi connectivity index (χ3v) is 2.58. The molecule has 90 valence electrons. The van der Waals surface area contributed by atoms with E-state index in [2.05, 4.69) is 16.0 Å². The van der Waals surface area contributed by atoms with Crippen LogP contribution in [0.4, 0.5) is 5.82 Å². The van der Waals surface area contributed by atoms with E-state index in [4.69, 9.17) is 14.7 Å². The Bertz CT molecular complexity index is 416. The van der Waals surface area contributed by atoms with Gasteiger partial charge in [-0.1, -0.05) is 0 Å². The van der Waals surface area contributed by atoms with Crippen molar-refractivity contribution in [3.05, 3.63) is 18.1 Å². The number of ether oxygens (including phenoxy) is 2. The van der Waals surface area contributed by atoms with E-state index in [1.807, 2.05) is 4.90 Å². The molecule has 0 N–H and O–H groups in total. The van der Waals surface area contributed by atoms with E-state index in [0.29, 0.717) is 37.8 Å². The molecule has 6 nitrogen and oxygen atoms in total. The molecule has 1 aliphatic heterocycles. The van der Waals surface area contributed by atoms with Crippen molar-refractivity contribution < 1.29 is 9.47 Å². The predicted octanol–water partition coefficient (Wildman–Crippen LogP) is 0.200. The molecule has 0 amide bonds. The van der Waals surface area contributed by atoms with E-state index >= 15 is 0 Å². The summed E-state index contributed by atoms with van der Waals surface area (Å²) in [6, 6.07) is 2.05. The summed E-state index contributed by atoms with van der Waals surface area (Å²) in [6.07, 6.45) is 3.13. The summed E-state index contributed by atoms with van der Waals surface area (Å²) >= 11 is 0. The number of rotatable bonds is 3. The van der Waals surface area contributed by atoms with Gasteiger partial charge in [0.05, 0.1) is 19.3 Å². The molecule has 1 unspecified atom stereocenters. The van der Waals surface area contributed by atoms with Crippen LogP contribution in [0.1, 0.15) is 5.69 Å². The largest absolute Gasteiger partial charge is 0.382 e. The number of anilines is 1. The molecule has 1 atom stereocenters. The maximum Gasteiger partial charge on any atom is 0.183 e. The van der Waals surface area contributed by atoms with Gasteiger partial charge in [0, 0.05) is 32.6 Å². The van der Waals surface area contributed by atoms with Crippen molar-refractivity contribution in [2.45, 2.75) is 6.10 Å². The summed E-state index contributed by atoms with van der Waals surface area (Å²) in [4.78, 5) is 10.2. The van der Waals surface area contributed by atoms with Gasteiger partial charge in [-0.2, -0.15) is 5.26 Å². The highest BCUT2D eigenvalue weighted by Gasteiger charge is 2.23.